The van der Waals surface area contributed by atoms with E-state index in [1.165, 1.54) is 5.56 Å². The minimum Gasteiger partial charge on any atom is -0.376 e. The molecule has 2 heteroatoms. The molecule has 0 amide bonds. The molecule has 0 aliphatic carbocycles. The van der Waals surface area contributed by atoms with Crippen LogP contribution in [0.3, 0.4) is 0 Å². The first-order chi connectivity index (χ1) is 6.36. The van der Waals surface area contributed by atoms with Crippen molar-refractivity contribution in [2.75, 3.05) is 13.2 Å². The molecule has 1 aliphatic heterocycles. The van der Waals surface area contributed by atoms with Crippen LogP contribution in [0.2, 0.25) is 5.02 Å². The molecule has 0 saturated carbocycles. The van der Waals surface area contributed by atoms with E-state index in [-0.39, 0.29) is 0 Å². The van der Waals surface area contributed by atoms with Gasteiger partial charge in [0, 0.05) is 10.9 Å². The molecule has 1 aromatic carbocycles. The molecule has 0 N–H and O–H groups in total. The van der Waals surface area contributed by atoms with Crippen LogP contribution in [0, 0.1) is 0 Å². The Hall–Kier alpha value is -0.790. The highest BCUT2D eigenvalue weighted by Crippen LogP contribution is 2.21. The molecule has 1 nitrogen and oxygen atoms in total. The zero-order valence-electron chi connectivity index (χ0n) is 7.24. The van der Waals surface area contributed by atoms with Crippen molar-refractivity contribution in [3.05, 3.63) is 47.0 Å². The first kappa shape index (κ1) is 8.79. The molecule has 13 heavy (non-hydrogen) atoms. The molecular weight excluding hydrogens is 184 g/mol. The van der Waals surface area contributed by atoms with Crippen molar-refractivity contribution in [1.82, 2.24) is 0 Å². The first-order valence-corrected chi connectivity index (χ1v) is 4.74. The summed E-state index contributed by atoms with van der Waals surface area (Å²) in [5.74, 6) is 0.394. The van der Waals surface area contributed by atoms with Gasteiger partial charge in [-0.2, -0.15) is 0 Å². The van der Waals surface area contributed by atoms with E-state index >= 15 is 0 Å². The summed E-state index contributed by atoms with van der Waals surface area (Å²) in [6.07, 6.45) is 4.25. The van der Waals surface area contributed by atoms with Crippen molar-refractivity contribution in [1.29, 1.82) is 0 Å². The van der Waals surface area contributed by atoms with Gasteiger partial charge in [0.1, 0.15) is 0 Å². The predicted octanol–water partition coefficient (Wildman–Crippen LogP) is 3.01. The molecule has 0 spiro atoms. The molecular formula is C11H11ClO. The molecule has 1 atom stereocenters. The Kier molecular flexibility index (Phi) is 2.67. The lowest BCUT2D eigenvalue weighted by Gasteiger charge is -2.16. The second-order valence-electron chi connectivity index (χ2n) is 3.12. The van der Waals surface area contributed by atoms with Gasteiger partial charge < -0.3 is 4.74 Å². The monoisotopic (exact) mass is 194 g/mol. The summed E-state index contributed by atoms with van der Waals surface area (Å²) in [6.45, 7) is 1.52. The first-order valence-electron chi connectivity index (χ1n) is 4.36. The predicted molar refractivity (Wildman–Crippen MR) is 54.2 cm³/mol. The minimum atomic E-state index is 0.394. The van der Waals surface area contributed by atoms with E-state index in [1.54, 1.807) is 0 Å². The average molecular weight is 195 g/mol. The highest BCUT2D eigenvalue weighted by Gasteiger charge is 2.10. The van der Waals surface area contributed by atoms with Crippen LogP contribution in [-0.4, -0.2) is 13.2 Å². The van der Waals surface area contributed by atoms with Gasteiger partial charge in [-0.15, -0.1) is 0 Å². The van der Waals surface area contributed by atoms with Crippen molar-refractivity contribution in [2.45, 2.75) is 5.92 Å². The van der Waals surface area contributed by atoms with Gasteiger partial charge in [-0.3, -0.25) is 0 Å². The number of rotatable bonds is 1. The highest BCUT2D eigenvalue weighted by atomic mass is 35.5. The second-order valence-corrected chi connectivity index (χ2v) is 3.56. The van der Waals surface area contributed by atoms with Crippen molar-refractivity contribution in [2.24, 2.45) is 0 Å². The Labute approximate surface area is 83.0 Å². The average Bonchev–Trinajstić information content (AvgIpc) is 2.20. The molecule has 1 heterocycles. The zero-order valence-corrected chi connectivity index (χ0v) is 8.00. The second kappa shape index (κ2) is 3.95. The summed E-state index contributed by atoms with van der Waals surface area (Å²) in [7, 11) is 0. The topological polar surface area (TPSA) is 9.23 Å². The molecule has 0 radical (unpaired) electrons. The van der Waals surface area contributed by atoms with Crippen LogP contribution in [0.4, 0.5) is 0 Å². The van der Waals surface area contributed by atoms with Crippen LogP contribution >= 0.6 is 11.6 Å². The molecule has 0 aromatic heterocycles. The highest BCUT2D eigenvalue weighted by molar-refractivity contribution is 6.30. The number of hydrogen-bond donors (Lipinski definition) is 0. The van der Waals surface area contributed by atoms with E-state index in [0.717, 1.165) is 18.2 Å². The summed E-state index contributed by atoms with van der Waals surface area (Å²) in [6, 6.07) is 7.93. The zero-order chi connectivity index (χ0) is 9.10. The summed E-state index contributed by atoms with van der Waals surface area (Å²) in [5.41, 5.74) is 1.26. The lowest BCUT2D eigenvalue weighted by Crippen LogP contribution is -2.10. The number of benzene rings is 1. The van der Waals surface area contributed by atoms with E-state index in [2.05, 4.69) is 12.2 Å². The Morgan fingerprint density at radius 3 is 2.62 bits per heavy atom. The fraction of sp³-hybridized carbons (Fsp3) is 0.273. The van der Waals surface area contributed by atoms with Crippen LogP contribution in [0.1, 0.15) is 11.5 Å². The normalized spacial score (nSPS) is 21.8. The van der Waals surface area contributed by atoms with Crippen molar-refractivity contribution in [3.8, 4) is 0 Å². The van der Waals surface area contributed by atoms with Crippen LogP contribution < -0.4 is 0 Å². The quantitative estimate of drug-likeness (QED) is 0.625. The number of hydrogen-bond acceptors (Lipinski definition) is 1. The van der Waals surface area contributed by atoms with Gasteiger partial charge in [0.2, 0.25) is 0 Å². The Morgan fingerprint density at radius 2 is 2.00 bits per heavy atom. The van der Waals surface area contributed by atoms with Crippen molar-refractivity contribution < 1.29 is 4.74 Å². The largest absolute Gasteiger partial charge is 0.376 e. The fourth-order valence-corrected chi connectivity index (χ4v) is 1.58. The molecule has 1 unspecified atom stereocenters. The molecule has 1 aliphatic rings. The van der Waals surface area contributed by atoms with E-state index in [9.17, 15) is 0 Å². The maximum Gasteiger partial charge on any atom is 0.0648 e. The maximum absolute atomic E-state index is 5.80. The molecule has 0 saturated heterocycles. The lowest BCUT2D eigenvalue weighted by atomic mass is 9.99. The van der Waals surface area contributed by atoms with Crippen LogP contribution in [0.15, 0.2) is 36.4 Å². The Morgan fingerprint density at radius 1 is 1.23 bits per heavy atom. The molecule has 0 fully saturated rings. The summed E-state index contributed by atoms with van der Waals surface area (Å²) in [4.78, 5) is 0. The van der Waals surface area contributed by atoms with Crippen molar-refractivity contribution in [3.63, 3.8) is 0 Å². The number of ether oxygens (including phenoxy) is 1. The standard InChI is InChI=1S/C11H11ClO/c12-11-5-3-9(4-6-11)10-2-1-7-13-8-10/h1-6,10H,7-8H2. The van der Waals surface area contributed by atoms with E-state index < -0.39 is 0 Å². The Bertz CT molecular complexity index is 302. The maximum atomic E-state index is 5.80. The molecule has 0 bridgehead atoms. The Balaban J connectivity index is 2.19. The fourth-order valence-electron chi connectivity index (χ4n) is 1.46. The smallest absolute Gasteiger partial charge is 0.0648 e. The van der Waals surface area contributed by atoms with Gasteiger partial charge in [-0.05, 0) is 17.7 Å². The van der Waals surface area contributed by atoms with E-state index in [1.807, 2.05) is 24.3 Å². The third-order valence-corrected chi connectivity index (χ3v) is 2.43. The van der Waals surface area contributed by atoms with Gasteiger partial charge in [-0.1, -0.05) is 35.9 Å². The minimum absolute atomic E-state index is 0.394. The van der Waals surface area contributed by atoms with Gasteiger partial charge in [-0.25, -0.2) is 0 Å². The van der Waals surface area contributed by atoms with Crippen LogP contribution in [0.25, 0.3) is 0 Å². The molecule has 68 valence electrons. The molecule has 2 rings (SSSR count). The van der Waals surface area contributed by atoms with Gasteiger partial charge in [0.15, 0.2) is 0 Å². The van der Waals surface area contributed by atoms with E-state index in [0.29, 0.717) is 5.92 Å². The van der Waals surface area contributed by atoms with Gasteiger partial charge >= 0.3 is 0 Å². The summed E-state index contributed by atoms with van der Waals surface area (Å²) in [5, 5.41) is 0.782. The molecule has 1 aromatic rings. The van der Waals surface area contributed by atoms with Crippen LogP contribution in [-0.2, 0) is 4.74 Å². The van der Waals surface area contributed by atoms with Gasteiger partial charge in [0.05, 0.1) is 13.2 Å². The van der Waals surface area contributed by atoms with E-state index in [4.69, 9.17) is 16.3 Å². The summed E-state index contributed by atoms with van der Waals surface area (Å²) >= 11 is 5.80. The lowest BCUT2D eigenvalue weighted by molar-refractivity contribution is 0.146. The number of halogens is 1. The SMILES string of the molecule is Clc1ccc(C2C=CCOC2)cc1. The van der Waals surface area contributed by atoms with Crippen LogP contribution in [0.5, 0.6) is 0 Å². The third kappa shape index (κ3) is 2.11. The van der Waals surface area contributed by atoms with Crippen molar-refractivity contribution >= 4 is 11.6 Å². The summed E-state index contributed by atoms with van der Waals surface area (Å²) < 4.78 is 5.35. The third-order valence-electron chi connectivity index (χ3n) is 2.18. The van der Waals surface area contributed by atoms with Gasteiger partial charge in [0.25, 0.3) is 0 Å².